The molecule has 3 aromatic rings. The van der Waals surface area contributed by atoms with Crippen molar-refractivity contribution in [2.45, 2.75) is 33.6 Å². The summed E-state index contributed by atoms with van der Waals surface area (Å²) < 4.78 is 2.09. The Morgan fingerprint density at radius 3 is 2.23 bits per heavy atom. The second kappa shape index (κ2) is 8.57. The number of aryl methyl sites for hydroxylation is 1. The molecule has 0 spiro atoms. The molecule has 1 heterocycles. The fraction of sp³-hybridized carbons (Fsp3) is 0.280. The highest BCUT2D eigenvalue weighted by atomic mass is 16.2. The van der Waals surface area contributed by atoms with Gasteiger partial charge in [-0.1, -0.05) is 32.0 Å². The quantitative estimate of drug-likeness (QED) is 0.639. The topological polar surface area (TPSA) is 54.3 Å². The molecule has 5 heteroatoms. The van der Waals surface area contributed by atoms with Crippen LogP contribution in [-0.4, -0.2) is 35.4 Å². The summed E-state index contributed by atoms with van der Waals surface area (Å²) in [5.74, 6) is 0.180. The number of benzene rings is 2. The SMILES string of the molecule is Cc1cc(C(=O)Nc2cccc(C(=O)N(C)C)c2)c(C)n1-c1ccc(C(C)C)cc1. The summed E-state index contributed by atoms with van der Waals surface area (Å²) >= 11 is 0. The first-order valence-corrected chi connectivity index (χ1v) is 10.1. The van der Waals surface area contributed by atoms with E-state index in [4.69, 9.17) is 0 Å². The van der Waals surface area contributed by atoms with Crippen LogP contribution in [0, 0.1) is 13.8 Å². The molecule has 1 aromatic heterocycles. The highest BCUT2D eigenvalue weighted by Crippen LogP contribution is 2.24. The Balaban J connectivity index is 1.87. The second-order valence-electron chi connectivity index (χ2n) is 8.10. The molecule has 1 N–H and O–H groups in total. The standard InChI is InChI=1S/C25H29N3O2/c1-16(2)19-10-12-22(13-11-19)28-17(3)14-23(18(28)4)24(29)26-21-9-7-8-20(15-21)25(30)27(5)6/h7-16H,1-6H3,(H,26,29). The molecule has 0 aliphatic carbocycles. The van der Waals surface area contributed by atoms with Crippen LogP contribution in [0.4, 0.5) is 5.69 Å². The molecule has 0 fully saturated rings. The molecule has 156 valence electrons. The van der Waals surface area contributed by atoms with Crippen LogP contribution in [0.1, 0.15) is 57.4 Å². The summed E-state index contributed by atoms with van der Waals surface area (Å²) in [5.41, 5.74) is 5.93. The highest BCUT2D eigenvalue weighted by Gasteiger charge is 2.18. The number of hydrogen-bond donors (Lipinski definition) is 1. The van der Waals surface area contributed by atoms with Crippen molar-refractivity contribution in [2.24, 2.45) is 0 Å². The lowest BCUT2D eigenvalue weighted by Gasteiger charge is -2.13. The third kappa shape index (κ3) is 4.30. The van der Waals surface area contributed by atoms with Gasteiger partial charge in [0, 0.05) is 42.4 Å². The van der Waals surface area contributed by atoms with Crippen molar-refractivity contribution in [2.75, 3.05) is 19.4 Å². The Hall–Kier alpha value is -3.34. The van der Waals surface area contributed by atoms with Crippen LogP contribution >= 0.6 is 0 Å². The van der Waals surface area contributed by atoms with Crippen molar-refractivity contribution < 1.29 is 9.59 Å². The number of carbonyl (C=O) groups excluding carboxylic acids is 2. The zero-order valence-corrected chi connectivity index (χ0v) is 18.5. The van der Waals surface area contributed by atoms with Gasteiger partial charge in [0.2, 0.25) is 0 Å². The third-order valence-electron chi connectivity index (χ3n) is 5.27. The molecule has 0 aliphatic rings. The van der Waals surface area contributed by atoms with Crippen molar-refractivity contribution in [3.05, 3.63) is 82.7 Å². The van der Waals surface area contributed by atoms with Crippen molar-refractivity contribution in [3.8, 4) is 5.69 Å². The van der Waals surface area contributed by atoms with Crippen LogP contribution in [-0.2, 0) is 0 Å². The predicted molar refractivity (Wildman–Crippen MR) is 122 cm³/mol. The average molecular weight is 404 g/mol. The van der Waals surface area contributed by atoms with E-state index in [2.05, 4.69) is 48.0 Å². The van der Waals surface area contributed by atoms with Gasteiger partial charge in [0.05, 0.1) is 5.56 Å². The molecule has 30 heavy (non-hydrogen) atoms. The number of rotatable bonds is 5. The molecule has 0 aliphatic heterocycles. The van der Waals surface area contributed by atoms with Gasteiger partial charge in [-0.3, -0.25) is 9.59 Å². The molecular weight excluding hydrogens is 374 g/mol. The summed E-state index contributed by atoms with van der Waals surface area (Å²) in [6.07, 6.45) is 0. The van der Waals surface area contributed by atoms with Crippen LogP contribution in [0.25, 0.3) is 5.69 Å². The third-order valence-corrected chi connectivity index (χ3v) is 5.27. The van der Waals surface area contributed by atoms with E-state index in [0.29, 0.717) is 22.7 Å². The Labute approximate surface area is 178 Å². The minimum absolute atomic E-state index is 0.103. The molecule has 3 rings (SSSR count). The zero-order chi connectivity index (χ0) is 22.0. The van der Waals surface area contributed by atoms with Gasteiger partial charge < -0.3 is 14.8 Å². The Bertz CT molecular complexity index is 1080. The number of nitrogens with zero attached hydrogens (tertiary/aromatic N) is 2. The summed E-state index contributed by atoms with van der Waals surface area (Å²) in [7, 11) is 3.41. The van der Waals surface area contributed by atoms with Crippen LogP contribution in [0.2, 0.25) is 0 Å². The summed E-state index contributed by atoms with van der Waals surface area (Å²) in [5, 5.41) is 2.93. The average Bonchev–Trinajstić information content (AvgIpc) is 3.01. The number of anilines is 1. The van der Waals surface area contributed by atoms with Gasteiger partial charge >= 0.3 is 0 Å². The molecule has 0 saturated heterocycles. The van der Waals surface area contributed by atoms with E-state index < -0.39 is 0 Å². The van der Waals surface area contributed by atoms with E-state index in [1.165, 1.54) is 10.5 Å². The van der Waals surface area contributed by atoms with Crippen molar-refractivity contribution in [3.63, 3.8) is 0 Å². The van der Waals surface area contributed by atoms with E-state index >= 15 is 0 Å². The normalized spacial score (nSPS) is 10.9. The molecule has 0 radical (unpaired) electrons. The van der Waals surface area contributed by atoms with Gasteiger partial charge in [-0.25, -0.2) is 0 Å². The first-order chi connectivity index (χ1) is 14.2. The molecule has 0 bridgehead atoms. The van der Waals surface area contributed by atoms with Gasteiger partial charge in [0.25, 0.3) is 11.8 Å². The molecule has 0 atom stereocenters. The molecule has 2 aromatic carbocycles. The van der Waals surface area contributed by atoms with Crippen LogP contribution in [0.3, 0.4) is 0 Å². The van der Waals surface area contributed by atoms with Gasteiger partial charge in [-0.15, -0.1) is 0 Å². The Morgan fingerprint density at radius 1 is 0.967 bits per heavy atom. The predicted octanol–water partition coefficient (Wildman–Crippen LogP) is 5.17. The number of aromatic nitrogens is 1. The van der Waals surface area contributed by atoms with E-state index in [9.17, 15) is 9.59 Å². The first-order valence-electron chi connectivity index (χ1n) is 10.1. The summed E-state index contributed by atoms with van der Waals surface area (Å²) in [6, 6.07) is 17.3. The molecule has 5 nitrogen and oxygen atoms in total. The zero-order valence-electron chi connectivity index (χ0n) is 18.5. The lowest BCUT2D eigenvalue weighted by atomic mass is 10.0. The highest BCUT2D eigenvalue weighted by molar-refractivity contribution is 6.06. The van der Waals surface area contributed by atoms with Crippen molar-refractivity contribution in [1.29, 1.82) is 0 Å². The lowest BCUT2D eigenvalue weighted by Crippen LogP contribution is -2.22. The van der Waals surface area contributed by atoms with Crippen molar-refractivity contribution >= 4 is 17.5 Å². The van der Waals surface area contributed by atoms with Gasteiger partial charge in [-0.05, 0) is 61.7 Å². The monoisotopic (exact) mass is 403 g/mol. The Kier molecular flexibility index (Phi) is 6.11. The van der Waals surface area contributed by atoms with Crippen molar-refractivity contribution in [1.82, 2.24) is 9.47 Å². The number of nitrogens with one attached hydrogen (secondary N) is 1. The maximum Gasteiger partial charge on any atom is 0.257 e. The lowest BCUT2D eigenvalue weighted by molar-refractivity contribution is 0.0827. The number of carbonyl (C=O) groups is 2. The van der Waals surface area contributed by atoms with E-state index in [1.807, 2.05) is 19.9 Å². The van der Waals surface area contributed by atoms with Gasteiger partial charge in [0.15, 0.2) is 0 Å². The maximum absolute atomic E-state index is 13.0. The van der Waals surface area contributed by atoms with Crippen LogP contribution in [0.15, 0.2) is 54.6 Å². The number of amides is 2. The fourth-order valence-electron chi connectivity index (χ4n) is 3.58. The van der Waals surface area contributed by atoms with E-state index in [1.54, 1.807) is 38.4 Å². The maximum atomic E-state index is 13.0. The van der Waals surface area contributed by atoms with Crippen LogP contribution in [0.5, 0.6) is 0 Å². The Morgan fingerprint density at radius 2 is 1.63 bits per heavy atom. The largest absolute Gasteiger partial charge is 0.345 e. The minimum atomic E-state index is -0.192. The van der Waals surface area contributed by atoms with E-state index in [0.717, 1.165) is 17.1 Å². The summed E-state index contributed by atoms with van der Waals surface area (Å²) in [4.78, 5) is 26.7. The first kappa shape index (κ1) is 21.4. The van der Waals surface area contributed by atoms with Crippen LogP contribution < -0.4 is 5.32 Å². The molecule has 0 saturated carbocycles. The number of hydrogen-bond acceptors (Lipinski definition) is 2. The van der Waals surface area contributed by atoms with E-state index in [-0.39, 0.29) is 11.8 Å². The van der Waals surface area contributed by atoms with Gasteiger partial charge in [-0.2, -0.15) is 0 Å². The smallest absolute Gasteiger partial charge is 0.257 e. The molecule has 2 amide bonds. The molecule has 0 unspecified atom stereocenters. The minimum Gasteiger partial charge on any atom is -0.345 e. The molecular formula is C25H29N3O2. The fourth-order valence-corrected chi connectivity index (χ4v) is 3.58. The van der Waals surface area contributed by atoms with Gasteiger partial charge in [0.1, 0.15) is 0 Å². The summed E-state index contributed by atoms with van der Waals surface area (Å²) in [6.45, 7) is 8.29. The second-order valence-corrected chi connectivity index (χ2v) is 8.10.